The molecule has 5 heteroatoms. The lowest BCUT2D eigenvalue weighted by Gasteiger charge is -2.09. The SMILES string of the molecule is CC(CCNC(=O)c1ccc(C#CCO)cc1)S(C)=O. The minimum absolute atomic E-state index is 0.0754. The molecule has 0 aliphatic rings. The summed E-state index contributed by atoms with van der Waals surface area (Å²) in [5.41, 5.74) is 1.32. The summed E-state index contributed by atoms with van der Waals surface area (Å²) < 4.78 is 11.2. The first-order valence-electron chi connectivity index (χ1n) is 6.35. The van der Waals surface area contributed by atoms with Gasteiger partial charge in [0.2, 0.25) is 0 Å². The second-order valence-electron chi connectivity index (χ2n) is 4.39. The smallest absolute Gasteiger partial charge is 0.251 e. The van der Waals surface area contributed by atoms with E-state index < -0.39 is 10.8 Å². The molecule has 0 saturated heterocycles. The van der Waals surface area contributed by atoms with Crippen molar-refractivity contribution in [3.05, 3.63) is 35.4 Å². The summed E-state index contributed by atoms with van der Waals surface area (Å²) in [4.78, 5) is 11.9. The number of hydrogen-bond donors (Lipinski definition) is 2. The largest absolute Gasteiger partial charge is 0.384 e. The van der Waals surface area contributed by atoms with E-state index in [4.69, 9.17) is 5.11 Å². The molecule has 0 aromatic heterocycles. The predicted octanol–water partition coefficient (Wildman–Crippen LogP) is 0.917. The number of amides is 1. The highest BCUT2D eigenvalue weighted by Crippen LogP contribution is 2.04. The number of rotatable bonds is 5. The van der Waals surface area contributed by atoms with Gasteiger partial charge in [-0.05, 0) is 30.7 Å². The molecule has 1 rings (SSSR count). The van der Waals surface area contributed by atoms with Gasteiger partial charge in [0, 0.05) is 40.0 Å². The Labute approximate surface area is 122 Å². The van der Waals surface area contributed by atoms with E-state index in [1.807, 2.05) is 6.92 Å². The molecule has 4 nitrogen and oxygen atoms in total. The van der Waals surface area contributed by atoms with Crippen molar-refractivity contribution < 1.29 is 14.1 Å². The molecule has 2 unspecified atom stereocenters. The second-order valence-corrected chi connectivity index (χ2v) is 6.19. The van der Waals surface area contributed by atoms with Crippen molar-refractivity contribution in [1.82, 2.24) is 5.32 Å². The van der Waals surface area contributed by atoms with Crippen LogP contribution in [0.5, 0.6) is 0 Å². The molecule has 20 heavy (non-hydrogen) atoms. The molecule has 2 atom stereocenters. The quantitative estimate of drug-likeness (QED) is 0.793. The minimum Gasteiger partial charge on any atom is -0.384 e. The van der Waals surface area contributed by atoms with Crippen molar-refractivity contribution in [2.75, 3.05) is 19.4 Å². The zero-order valence-corrected chi connectivity index (χ0v) is 12.5. The summed E-state index contributed by atoms with van der Waals surface area (Å²) in [5, 5.41) is 11.5. The lowest BCUT2D eigenvalue weighted by atomic mass is 10.1. The van der Waals surface area contributed by atoms with E-state index in [-0.39, 0.29) is 17.8 Å². The third-order valence-electron chi connectivity index (χ3n) is 2.86. The van der Waals surface area contributed by atoms with Crippen LogP contribution in [0.4, 0.5) is 0 Å². The Hall–Kier alpha value is -1.64. The third-order valence-corrected chi connectivity index (χ3v) is 4.23. The Kier molecular flexibility index (Phi) is 6.99. The van der Waals surface area contributed by atoms with Crippen LogP contribution < -0.4 is 5.32 Å². The average Bonchev–Trinajstić information content (AvgIpc) is 2.45. The van der Waals surface area contributed by atoms with Crippen LogP contribution >= 0.6 is 0 Å². The Morgan fingerprint density at radius 1 is 1.40 bits per heavy atom. The molecule has 0 aliphatic heterocycles. The van der Waals surface area contributed by atoms with Gasteiger partial charge in [-0.15, -0.1) is 0 Å². The number of carbonyl (C=O) groups is 1. The number of hydrogen-bond acceptors (Lipinski definition) is 3. The van der Waals surface area contributed by atoms with Crippen LogP contribution in [0, 0.1) is 11.8 Å². The summed E-state index contributed by atoms with van der Waals surface area (Å²) in [5.74, 6) is 5.16. The molecule has 0 bridgehead atoms. The molecular weight excluding hydrogens is 274 g/mol. The molecule has 0 fully saturated rings. The van der Waals surface area contributed by atoms with Gasteiger partial charge in [-0.25, -0.2) is 0 Å². The Morgan fingerprint density at radius 3 is 2.60 bits per heavy atom. The topological polar surface area (TPSA) is 66.4 Å². The summed E-state index contributed by atoms with van der Waals surface area (Å²) in [6, 6.07) is 6.86. The Balaban J connectivity index is 2.49. The lowest BCUT2D eigenvalue weighted by molar-refractivity contribution is 0.0953. The third kappa shape index (κ3) is 5.55. The van der Waals surface area contributed by atoms with E-state index in [0.717, 1.165) is 5.56 Å². The van der Waals surface area contributed by atoms with Crippen LogP contribution in [-0.4, -0.2) is 39.9 Å². The van der Waals surface area contributed by atoms with Crippen LogP contribution in [0.15, 0.2) is 24.3 Å². The first kappa shape index (κ1) is 16.4. The molecular formula is C15H19NO3S. The van der Waals surface area contributed by atoms with Crippen molar-refractivity contribution in [1.29, 1.82) is 0 Å². The van der Waals surface area contributed by atoms with Gasteiger partial charge in [0.25, 0.3) is 5.91 Å². The Bertz CT molecular complexity index is 528. The van der Waals surface area contributed by atoms with E-state index in [2.05, 4.69) is 17.2 Å². The Morgan fingerprint density at radius 2 is 2.05 bits per heavy atom. The zero-order valence-electron chi connectivity index (χ0n) is 11.7. The maximum atomic E-state index is 11.9. The first-order chi connectivity index (χ1) is 9.54. The normalized spacial score (nSPS) is 12.9. The zero-order chi connectivity index (χ0) is 15.0. The maximum Gasteiger partial charge on any atom is 0.251 e. The summed E-state index contributed by atoms with van der Waals surface area (Å²) in [6.07, 6.45) is 2.35. The van der Waals surface area contributed by atoms with Crippen molar-refractivity contribution in [3.63, 3.8) is 0 Å². The summed E-state index contributed by atoms with van der Waals surface area (Å²) in [7, 11) is -0.863. The number of aliphatic hydroxyl groups is 1. The van der Waals surface area contributed by atoms with E-state index >= 15 is 0 Å². The summed E-state index contributed by atoms with van der Waals surface area (Å²) in [6.45, 7) is 2.22. The molecule has 0 aliphatic carbocycles. The van der Waals surface area contributed by atoms with Crippen LogP contribution in [0.2, 0.25) is 0 Å². The molecule has 0 radical (unpaired) electrons. The minimum atomic E-state index is -0.863. The molecule has 1 aromatic rings. The van der Waals surface area contributed by atoms with Gasteiger partial charge in [0.1, 0.15) is 6.61 Å². The van der Waals surface area contributed by atoms with E-state index in [1.54, 1.807) is 30.5 Å². The van der Waals surface area contributed by atoms with E-state index in [0.29, 0.717) is 18.5 Å². The monoisotopic (exact) mass is 293 g/mol. The predicted molar refractivity (Wildman–Crippen MR) is 80.9 cm³/mol. The second kappa shape index (κ2) is 8.51. The lowest BCUT2D eigenvalue weighted by Crippen LogP contribution is -2.27. The maximum absolute atomic E-state index is 11.9. The fourth-order valence-corrected chi connectivity index (χ4v) is 1.95. The van der Waals surface area contributed by atoms with Crippen molar-refractivity contribution in [2.24, 2.45) is 0 Å². The van der Waals surface area contributed by atoms with E-state index in [1.165, 1.54) is 0 Å². The van der Waals surface area contributed by atoms with Gasteiger partial charge in [0.15, 0.2) is 0 Å². The van der Waals surface area contributed by atoms with Gasteiger partial charge in [-0.2, -0.15) is 0 Å². The molecule has 0 spiro atoms. The van der Waals surface area contributed by atoms with Crippen LogP contribution in [0.1, 0.15) is 29.3 Å². The van der Waals surface area contributed by atoms with E-state index in [9.17, 15) is 9.00 Å². The molecule has 0 heterocycles. The van der Waals surface area contributed by atoms with Gasteiger partial charge < -0.3 is 10.4 Å². The number of nitrogens with one attached hydrogen (secondary N) is 1. The summed E-state index contributed by atoms with van der Waals surface area (Å²) >= 11 is 0. The number of benzene rings is 1. The van der Waals surface area contributed by atoms with Crippen LogP contribution in [0.25, 0.3) is 0 Å². The highest BCUT2D eigenvalue weighted by atomic mass is 32.2. The van der Waals surface area contributed by atoms with Crippen molar-refractivity contribution in [2.45, 2.75) is 18.6 Å². The fourth-order valence-electron chi connectivity index (χ4n) is 1.50. The van der Waals surface area contributed by atoms with Gasteiger partial charge in [0.05, 0.1) is 0 Å². The number of carbonyl (C=O) groups excluding carboxylic acids is 1. The number of aliphatic hydroxyl groups excluding tert-OH is 1. The van der Waals surface area contributed by atoms with Gasteiger partial charge in [-0.1, -0.05) is 18.8 Å². The highest BCUT2D eigenvalue weighted by Gasteiger charge is 2.08. The van der Waals surface area contributed by atoms with Gasteiger partial charge >= 0.3 is 0 Å². The highest BCUT2D eigenvalue weighted by molar-refractivity contribution is 7.84. The molecule has 1 amide bonds. The first-order valence-corrected chi connectivity index (χ1v) is 7.97. The molecule has 0 saturated carbocycles. The fraction of sp³-hybridized carbons (Fsp3) is 0.400. The molecule has 2 N–H and O–H groups in total. The molecule has 1 aromatic carbocycles. The van der Waals surface area contributed by atoms with Gasteiger partial charge in [-0.3, -0.25) is 9.00 Å². The standard InChI is InChI=1S/C15H19NO3S/c1-12(20(2)19)9-10-16-15(18)14-7-5-13(6-8-14)4-3-11-17/h5-8,12,17H,9-11H2,1-2H3,(H,16,18). The average molecular weight is 293 g/mol. The van der Waals surface area contributed by atoms with Crippen LogP contribution in [-0.2, 0) is 10.8 Å². The van der Waals surface area contributed by atoms with Crippen LogP contribution in [0.3, 0.4) is 0 Å². The van der Waals surface area contributed by atoms with Crippen molar-refractivity contribution >= 4 is 16.7 Å². The van der Waals surface area contributed by atoms with Crippen molar-refractivity contribution in [3.8, 4) is 11.8 Å². The molecule has 108 valence electrons.